The lowest BCUT2D eigenvalue weighted by Gasteiger charge is -2.15. The number of hydrogen-bond acceptors (Lipinski definition) is 7. The third kappa shape index (κ3) is 4.78. The molecule has 0 spiro atoms. The van der Waals surface area contributed by atoms with Gasteiger partial charge in [-0.2, -0.15) is 15.0 Å². The molecule has 0 bridgehead atoms. The van der Waals surface area contributed by atoms with Gasteiger partial charge in [0.05, 0.1) is 7.11 Å². The minimum absolute atomic E-state index is 0.0207. The number of likely N-dealkylation sites (tertiary alicyclic amines) is 1. The molecular weight excluding hydrogens is 346 g/mol. The Kier molecular flexibility index (Phi) is 5.95. The van der Waals surface area contributed by atoms with Gasteiger partial charge < -0.3 is 15.0 Å². The highest BCUT2D eigenvalue weighted by atomic mass is 16.5. The number of ether oxygens (including phenoxy) is 1. The molecule has 142 valence electrons. The number of carbonyl (C=O) groups excluding carboxylic acids is 2. The summed E-state index contributed by atoms with van der Waals surface area (Å²) in [7, 11) is 1.49. The Balaban J connectivity index is 1.69. The number of benzene rings is 1. The topological polar surface area (TPSA) is 97.3 Å². The van der Waals surface area contributed by atoms with Crippen molar-refractivity contribution in [1.82, 2.24) is 19.9 Å². The Morgan fingerprint density at radius 1 is 1.30 bits per heavy atom. The molecule has 1 aliphatic heterocycles. The van der Waals surface area contributed by atoms with Crippen LogP contribution in [-0.2, 0) is 4.79 Å². The molecule has 1 aromatic carbocycles. The minimum Gasteiger partial charge on any atom is -0.467 e. The molecule has 0 atom stereocenters. The van der Waals surface area contributed by atoms with Crippen LogP contribution < -0.4 is 10.1 Å². The van der Waals surface area contributed by atoms with Gasteiger partial charge in [-0.05, 0) is 25.8 Å². The van der Waals surface area contributed by atoms with Crippen molar-refractivity contribution in [2.75, 3.05) is 32.1 Å². The first-order chi connectivity index (χ1) is 13.1. The quantitative estimate of drug-likeness (QED) is 0.562. The SMILES string of the molecule is COc1nc(NCCCN2CCCC2=O)nc(-c2cccc(C(C)=O)c2)n1. The summed E-state index contributed by atoms with van der Waals surface area (Å²) in [6.07, 6.45) is 2.40. The number of ketones is 1. The summed E-state index contributed by atoms with van der Waals surface area (Å²) < 4.78 is 5.17. The molecule has 2 aromatic rings. The van der Waals surface area contributed by atoms with Crippen molar-refractivity contribution in [2.45, 2.75) is 26.2 Å². The first kappa shape index (κ1) is 18.8. The second kappa shape index (κ2) is 8.57. The average molecular weight is 369 g/mol. The predicted molar refractivity (Wildman–Crippen MR) is 101 cm³/mol. The van der Waals surface area contributed by atoms with Gasteiger partial charge in [-0.25, -0.2) is 0 Å². The molecule has 0 aliphatic carbocycles. The van der Waals surface area contributed by atoms with Gasteiger partial charge in [-0.15, -0.1) is 0 Å². The number of methoxy groups -OCH3 is 1. The van der Waals surface area contributed by atoms with Crippen molar-refractivity contribution >= 4 is 17.6 Å². The fourth-order valence-electron chi connectivity index (χ4n) is 2.94. The average Bonchev–Trinajstić information content (AvgIpc) is 3.10. The van der Waals surface area contributed by atoms with Crippen LogP contribution in [0.3, 0.4) is 0 Å². The molecule has 3 rings (SSSR count). The van der Waals surface area contributed by atoms with Crippen LogP contribution >= 0.6 is 0 Å². The van der Waals surface area contributed by atoms with E-state index in [1.54, 1.807) is 18.2 Å². The molecule has 0 unspecified atom stereocenters. The van der Waals surface area contributed by atoms with E-state index in [0.29, 0.717) is 35.9 Å². The molecule has 8 nitrogen and oxygen atoms in total. The molecule has 0 radical (unpaired) electrons. The van der Waals surface area contributed by atoms with Crippen LogP contribution in [0.2, 0.25) is 0 Å². The Hall–Kier alpha value is -3.03. The highest BCUT2D eigenvalue weighted by Gasteiger charge is 2.19. The van der Waals surface area contributed by atoms with Crippen LogP contribution in [0.15, 0.2) is 24.3 Å². The van der Waals surface area contributed by atoms with Gasteiger partial charge in [0.1, 0.15) is 0 Å². The molecule has 1 amide bonds. The first-order valence-corrected chi connectivity index (χ1v) is 9.00. The van der Waals surface area contributed by atoms with Gasteiger partial charge in [0.25, 0.3) is 0 Å². The molecular formula is C19H23N5O3. The summed E-state index contributed by atoms with van der Waals surface area (Å²) in [6, 6.07) is 7.33. The van der Waals surface area contributed by atoms with E-state index in [1.165, 1.54) is 14.0 Å². The molecule has 27 heavy (non-hydrogen) atoms. The van der Waals surface area contributed by atoms with Gasteiger partial charge in [0, 0.05) is 37.2 Å². The number of anilines is 1. The van der Waals surface area contributed by atoms with E-state index >= 15 is 0 Å². The van der Waals surface area contributed by atoms with Crippen LogP contribution in [0.1, 0.15) is 36.5 Å². The summed E-state index contributed by atoms with van der Waals surface area (Å²) in [4.78, 5) is 38.0. The number of carbonyl (C=O) groups is 2. The van der Waals surface area contributed by atoms with E-state index in [0.717, 1.165) is 25.9 Å². The maximum absolute atomic E-state index is 11.6. The Labute approximate surface area is 158 Å². The maximum atomic E-state index is 11.6. The summed E-state index contributed by atoms with van der Waals surface area (Å²) in [6.45, 7) is 3.71. The zero-order chi connectivity index (χ0) is 19.2. The second-order valence-electron chi connectivity index (χ2n) is 6.37. The number of amides is 1. The molecule has 1 aliphatic rings. The molecule has 1 saturated heterocycles. The van der Waals surface area contributed by atoms with Gasteiger partial charge in [0.2, 0.25) is 11.9 Å². The number of nitrogens with one attached hydrogen (secondary N) is 1. The molecule has 1 fully saturated rings. The van der Waals surface area contributed by atoms with Crippen molar-refractivity contribution in [3.63, 3.8) is 0 Å². The lowest BCUT2D eigenvalue weighted by atomic mass is 10.1. The fourth-order valence-corrected chi connectivity index (χ4v) is 2.94. The number of hydrogen-bond donors (Lipinski definition) is 1. The molecule has 1 aromatic heterocycles. The number of Topliss-reactive ketones (excluding diaryl/α,β-unsaturated/α-hetero) is 1. The standard InChI is InChI=1S/C19H23N5O3/c1-13(25)14-6-3-7-15(12-14)17-21-18(23-19(22-17)27-2)20-9-5-11-24-10-4-8-16(24)26/h3,6-7,12H,4-5,8-11H2,1-2H3,(H,20,21,22,23). The normalized spacial score (nSPS) is 13.7. The summed E-state index contributed by atoms with van der Waals surface area (Å²) >= 11 is 0. The van der Waals surface area contributed by atoms with Crippen molar-refractivity contribution in [3.05, 3.63) is 29.8 Å². The van der Waals surface area contributed by atoms with E-state index in [4.69, 9.17) is 4.74 Å². The van der Waals surface area contributed by atoms with Crippen LogP contribution in [-0.4, -0.2) is 58.3 Å². The smallest absolute Gasteiger partial charge is 0.321 e. The van der Waals surface area contributed by atoms with Gasteiger partial charge in [-0.1, -0.05) is 18.2 Å². The van der Waals surface area contributed by atoms with Crippen molar-refractivity contribution in [3.8, 4) is 17.4 Å². The van der Waals surface area contributed by atoms with E-state index in [2.05, 4.69) is 20.3 Å². The molecule has 2 heterocycles. The summed E-state index contributed by atoms with van der Waals surface area (Å²) in [5, 5.41) is 3.16. The second-order valence-corrected chi connectivity index (χ2v) is 6.37. The van der Waals surface area contributed by atoms with E-state index < -0.39 is 0 Å². The minimum atomic E-state index is -0.0207. The van der Waals surface area contributed by atoms with Crippen molar-refractivity contribution < 1.29 is 14.3 Å². The van der Waals surface area contributed by atoms with Crippen molar-refractivity contribution in [1.29, 1.82) is 0 Å². The molecule has 8 heteroatoms. The van der Waals surface area contributed by atoms with Gasteiger partial charge in [-0.3, -0.25) is 9.59 Å². The third-order valence-electron chi connectivity index (χ3n) is 4.38. The molecule has 1 N–H and O–H groups in total. The zero-order valence-electron chi connectivity index (χ0n) is 15.6. The molecule has 0 saturated carbocycles. The van der Waals surface area contributed by atoms with Crippen LogP contribution in [0, 0.1) is 0 Å². The van der Waals surface area contributed by atoms with Crippen LogP contribution in [0.5, 0.6) is 6.01 Å². The highest BCUT2D eigenvalue weighted by Crippen LogP contribution is 2.20. The Morgan fingerprint density at radius 3 is 2.85 bits per heavy atom. The lowest BCUT2D eigenvalue weighted by Crippen LogP contribution is -2.27. The van der Waals surface area contributed by atoms with Crippen molar-refractivity contribution in [2.24, 2.45) is 0 Å². The summed E-state index contributed by atoms with van der Waals surface area (Å²) in [5.74, 6) is 1.04. The number of aromatic nitrogens is 3. The van der Waals surface area contributed by atoms with Crippen LogP contribution in [0.25, 0.3) is 11.4 Å². The Bertz CT molecular complexity index is 840. The third-order valence-corrected chi connectivity index (χ3v) is 4.38. The van der Waals surface area contributed by atoms with E-state index in [-0.39, 0.29) is 17.7 Å². The number of nitrogens with zero attached hydrogens (tertiary/aromatic N) is 4. The fraction of sp³-hybridized carbons (Fsp3) is 0.421. The van der Waals surface area contributed by atoms with Crippen LogP contribution in [0.4, 0.5) is 5.95 Å². The maximum Gasteiger partial charge on any atom is 0.321 e. The number of rotatable bonds is 8. The summed E-state index contributed by atoms with van der Waals surface area (Å²) in [5.41, 5.74) is 1.31. The van der Waals surface area contributed by atoms with E-state index in [9.17, 15) is 9.59 Å². The highest BCUT2D eigenvalue weighted by molar-refractivity contribution is 5.95. The van der Waals surface area contributed by atoms with Gasteiger partial charge >= 0.3 is 6.01 Å². The monoisotopic (exact) mass is 369 g/mol. The lowest BCUT2D eigenvalue weighted by molar-refractivity contribution is -0.127. The van der Waals surface area contributed by atoms with E-state index in [1.807, 2.05) is 11.0 Å². The van der Waals surface area contributed by atoms with Gasteiger partial charge in [0.15, 0.2) is 11.6 Å². The first-order valence-electron chi connectivity index (χ1n) is 9.00. The largest absolute Gasteiger partial charge is 0.467 e. The Morgan fingerprint density at radius 2 is 2.15 bits per heavy atom. The predicted octanol–water partition coefficient (Wildman–Crippen LogP) is 2.17. The zero-order valence-corrected chi connectivity index (χ0v) is 15.6.